The second kappa shape index (κ2) is 5.02. The molecule has 0 amide bonds. The van der Waals surface area contributed by atoms with Gasteiger partial charge in [-0.25, -0.2) is 8.42 Å². The van der Waals surface area contributed by atoms with Crippen LogP contribution in [0.15, 0.2) is 23.1 Å². The Morgan fingerprint density at radius 3 is 2.95 bits per heavy atom. The second-order valence-electron chi connectivity index (χ2n) is 5.52. The summed E-state index contributed by atoms with van der Waals surface area (Å²) in [6.07, 6.45) is 1.00. The third-order valence-electron chi connectivity index (χ3n) is 4.17. The van der Waals surface area contributed by atoms with Crippen molar-refractivity contribution in [2.24, 2.45) is 5.92 Å². The van der Waals surface area contributed by atoms with Crippen LogP contribution in [0.3, 0.4) is 0 Å². The van der Waals surface area contributed by atoms with Gasteiger partial charge < -0.3 is 9.84 Å². The maximum absolute atomic E-state index is 12.6. The van der Waals surface area contributed by atoms with Gasteiger partial charge in [0, 0.05) is 19.5 Å². The molecule has 0 radical (unpaired) electrons. The van der Waals surface area contributed by atoms with Gasteiger partial charge in [0.2, 0.25) is 10.0 Å². The van der Waals surface area contributed by atoms with Gasteiger partial charge in [0.25, 0.3) is 0 Å². The molecule has 1 aromatic rings. The number of aliphatic hydroxyl groups excluding tert-OH is 1. The number of ether oxygens (including phenoxy) is 1. The minimum Gasteiger partial charge on any atom is -0.493 e. The first-order valence-electron chi connectivity index (χ1n) is 6.92. The molecule has 0 saturated carbocycles. The highest BCUT2D eigenvalue weighted by Gasteiger charge is 2.34. The molecule has 6 heteroatoms. The summed E-state index contributed by atoms with van der Waals surface area (Å²) < 4.78 is 32.1. The van der Waals surface area contributed by atoms with Crippen LogP contribution < -0.4 is 4.74 Å². The molecule has 2 aliphatic heterocycles. The summed E-state index contributed by atoms with van der Waals surface area (Å²) in [7, 11) is -3.46. The number of rotatable bonds is 3. The number of nitrogens with zero attached hydrogens (tertiary/aromatic N) is 1. The van der Waals surface area contributed by atoms with E-state index < -0.39 is 16.1 Å². The van der Waals surface area contributed by atoms with Crippen LogP contribution in [0, 0.1) is 5.92 Å². The summed E-state index contributed by atoms with van der Waals surface area (Å²) in [4.78, 5) is 0.327. The van der Waals surface area contributed by atoms with Gasteiger partial charge in [0.15, 0.2) is 0 Å². The lowest BCUT2D eigenvalue weighted by molar-refractivity contribution is 0.133. The van der Waals surface area contributed by atoms with Crippen molar-refractivity contribution in [3.8, 4) is 5.75 Å². The minimum absolute atomic E-state index is 0.0301. The summed E-state index contributed by atoms with van der Waals surface area (Å²) in [5, 5.41) is 9.60. The lowest BCUT2D eigenvalue weighted by Crippen LogP contribution is -2.30. The van der Waals surface area contributed by atoms with Gasteiger partial charge in [-0.05, 0) is 43.0 Å². The number of hydrogen-bond donors (Lipinski definition) is 1. The maximum atomic E-state index is 12.6. The first-order chi connectivity index (χ1) is 9.48. The van der Waals surface area contributed by atoms with Crippen molar-refractivity contribution in [1.29, 1.82) is 0 Å². The first kappa shape index (κ1) is 13.9. The van der Waals surface area contributed by atoms with E-state index in [1.54, 1.807) is 25.1 Å². The molecular formula is C14H19NO4S. The molecule has 1 N–H and O–H groups in total. The van der Waals surface area contributed by atoms with Crippen molar-refractivity contribution in [2.45, 2.75) is 30.8 Å². The van der Waals surface area contributed by atoms with Crippen molar-refractivity contribution in [3.05, 3.63) is 23.8 Å². The van der Waals surface area contributed by atoms with Crippen LogP contribution in [0.1, 0.15) is 18.9 Å². The molecule has 110 valence electrons. The third-order valence-corrected chi connectivity index (χ3v) is 6.03. The normalized spacial score (nSPS) is 24.4. The molecular weight excluding hydrogens is 278 g/mol. The zero-order valence-corrected chi connectivity index (χ0v) is 12.3. The molecule has 0 spiro atoms. The van der Waals surface area contributed by atoms with E-state index in [0.717, 1.165) is 17.7 Å². The van der Waals surface area contributed by atoms with Crippen molar-refractivity contribution in [2.75, 3.05) is 19.7 Å². The van der Waals surface area contributed by atoms with E-state index in [1.165, 1.54) is 4.31 Å². The average Bonchev–Trinajstić information content (AvgIpc) is 3.07. The summed E-state index contributed by atoms with van der Waals surface area (Å²) in [5.74, 6) is 0.815. The van der Waals surface area contributed by atoms with Gasteiger partial charge in [-0.1, -0.05) is 0 Å². The molecule has 2 aliphatic rings. The Morgan fingerprint density at radius 1 is 1.45 bits per heavy atom. The van der Waals surface area contributed by atoms with Gasteiger partial charge in [-0.15, -0.1) is 0 Å². The fraction of sp³-hybridized carbons (Fsp3) is 0.571. The Kier molecular flexibility index (Phi) is 3.48. The molecule has 1 aromatic carbocycles. The van der Waals surface area contributed by atoms with Gasteiger partial charge in [-0.2, -0.15) is 4.31 Å². The van der Waals surface area contributed by atoms with Gasteiger partial charge >= 0.3 is 0 Å². The quantitative estimate of drug-likeness (QED) is 0.904. The molecule has 1 fully saturated rings. The van der Waals surface area contributed by atoms with Gasteiger partial charge in [-0.3, -0.25) is 0 Å². The highest BCUT2D eigenvalue weighted by molar-refractivity contribution is 7.89. The number of fused-ring (bicyclic) bond motifs is 1. The average molecular weight is 297 g/mol. The maximum Gasteiger partial charge on any atom is 0.243 e. The third kappa shape index (κ3) is 2.32. The Labute approximate surface area is 119 Å². The van der Waals surface area contributed by atoms with Crippen LogP contribution >= 0.6 is 0 Å². The largest absolute Gasteiger partial charge is 0.493 e. The lowest BCUT2D eigenvalue weighted by atomic mass is 10.0. The minimum atomic E-state index is -3.46. The number of hydrogen-bond acceptors (Lipinski definition) is 4. The molecule has 3 rings (SSSR count). The summed E-state index contributed by atoms with van der Waals surface area (Å²) in [6, 6.07) is 5.06. The van der Waals surface area contributed by atoms with E-state index in [1.807, 2.05) is 0 Å². The molecule has 0 bridgehead atoms. The first-order valence-corrected chi connectivity index (χ1v) is 8.36. The molecule has 2 unspecified atom stereocenters. The van der Waals surface area contributed by atoms with Crippen molar-refractivity contribution in [3.63, 3.8) is 0 Å². The van der Waals surface area contributed by atoms with Gasteiger partial charge in [0.1, 0.15) is 5.75 Å². The van der Waals surface area contributed by atoms with Crippen molar-refractivity contribution >= 4 is 10.0 Å². The summed E-state index contributed by atoms with van der Waals surface area (Å²) in [5.41, 5.74) is 0.956. The zero-order chi connectivity index (χ0) is 14.3. The molecule has 2 heterocycles. The predicted molar refractivity (Wildman–Crippen MR) is 74.2 cm³/mol. The molecule has 0 aromatic heterocycles. The number of benzene rings is 1. The van der Waals surface area contributed by atoms with E-state index in [4.69, 9.17) is 4.74 Å². The van der Waals surface area contributed by atoms with Crippen LogP contribution in [0.25, 0.3) is 0 Å². The Bertz CT molecular complexity index is 612. The van der Waals surface area contributed by atoms with Crippen LogP contribution in [-0.2, 0) is 16.4 Å². The SMILES string of the molecule is CC(O)C1CCN(S(=O)(=O)c2ccc3c(c2)CCO3)C1. The molecule has 0 aliphatic carbocycles. The highest BCUT2D eigenvalue weighted by Crippen LogP contribution is 2.31. The molecule has 20 heavy (non-hydrogen) atoms. The topological polar surface area (TPSA) is 66.8 Å². The smallest absolute Gasteiger partial charge is 0.243 e. The van der Waals surface area contributed by atoms with Crippen molar-refractivity contribution in [1.82, 2.24) is 4.31 Å². The van der Waals surface area contributed by atoms with E-state index >= 15 is 0 Å². The highest BCUT2D eigenvalue weighted by atomic mass is 32.2. The number of aliphatic hydroxyl groups is 1. The summed E-state index contributed by atoms with van der Waals surface area (Å²) >= 11 is 0. The number of sulfonamides is 1. The van der Waals surface area contributed by atoms with Crippen LogP contribution in [-0.4, -0.2) is 43.6 Å². The van der Waals surface area contributed by atoms with E-state index in [9.17, 15) is 13.5 Å². The predicted octanol–water partition coefficient (Wildman–Crippen LogP) is 1.01. The van der Waals surface area contributed by atoms with E-state index in [-0.39, 0.29) is 5.92 Å². The molecule has 1 saturated heterocycles. The fourth-order valence-electron chi connectivity index (χ4n) is 2.84. The summed E-state index contributed by atoms with van der Waals surface area (Å²) in [6.45, 7) is 3.21. The van der Waals surface area contributed by atoms with Crippen LogP contribution in [0.4, 0.5) is 0 Å². The molecule has 5 nitrogen and oxygen atoms in total. The zero-order valence-electron chi connectivity index (χ0n) is 11.4. The second-order valence-corrected chi connectivity index (χ2v) is 7.46. The molecule has 2 atom stereocenters. The van der Waals surface area contributed by atoms with E-state index in [2.05, 4.69) is 0 Å². The van der Waals surface area contributed by atoms with E-state index in [0.29, 0.717) is 31.0 Å². The monoisotopic (exact) mass is 297 g/mol. The Hall–Kier alpha value is -1.11. The lowest BCUT2D eigenvalue weighted by Gasteiger charge is -2.18. The van der Waals surface area contributed by atoms with Crippen LogP contribution in [0.5, 0.6) is 5.75 Å². The van der Waals surface area contributed by atoms with Crippen molar-refractivity contribution < 1.29 is 18.3 Å². The fourth-order valence-corrected chi connectivity index (χ4v) is 4.40. The standard InChI is InChI=1S/C14H19NO4S/c1-10(16)12-4-6-15(9-12)20(17,18)13-2-3-14-11(8-13)5-7-19-14/h2-3,8,10,12,16H,4-7,9H2,1H3. The Balaban J connectivity index is 1.86. The Morgan fingerprint density at radius 2 is 2.25 bits per heavy atom. The van der Waals surface area contributed by atoms with Gasteiger partial charge in [0.05, 0.1) is 17.6 Å². The van der Waals surface area contributed by atoms with Crippen LogP contribution in [0.2, 0.25) is 0 Å².